The summed E-state index contributed by atoms with van der Waals surface area (Å²) in [5, 5.41) is 0. The molecule has 3 aliphatic rings. The van der Waals surface area contributed by atoms with E-state index in [1.807, 2.05) is 27.7 Å². The Balaban J connectivity index is 0.00000170. The van der Waals surface area contributed by atoms with Crippen molar-refractivity contribution < 1.29 is 0 Å². The van der Waals surface area contributed by atoms with Crippen molar-refractivity contribution in [1.29, 1.82) is 0 Å². The maximum Gasteiger partial charge on any atom is -0.0267 e. The molecule has 0 nitrogen and oxygen atoms in total. The van der Waals surface area contributed by atoms with Gasteiger partial charge in [0.05, 0.1) is 0 Å². The zero-order valence-electron chi connectivity index (χ0n) is 22.6. The van der Waals surface area contributed by atoms with E-state index < -0.39 is 0 Å². The second kappa shape index (κ2) is 16.6. The van der Waals surface area contributed by atoms with E-state index in [4.69, 9.17) is 0 Å². The lowest BCUT2D eigenvalue weighted by molar-refractivity contribution is -0.0430. The molecule has 0 heterocycles. The van der Waals surface area contributed by atoms with Gasteiger partial charge in [0.1, 0.15) is 0 Å². The average molecular weight is 437 g/mol. The molecule has 0 N–H and O–H groups in total. The SMILES string of the molecule is C.CC.CC.CCCCCC(C)C1CCCC2CCC3CCCCC3(C)C2CCC1C. The van der Waals surface area contributed by atoms with Crippen LogP contribution < -0.4 is 0 Å². The normalized spacial score (nSPS) is 36.2. The Morgan fingerprint density at radius 3 is 2.19 bits per heavy atom. The van der Waals surface area contributed by atoms with Crippen molar-refractivity contribution in [3.8, 4) is 0 Å². The lowest BCUT2D eigenvalue weighted by atomic mass is 9.51. The Morgan fingerprint density at radius 2 is 1.52 bits per heavy atom. The van der Waals surface area contributed by atoms with Crippen LogP contribution in [-0.4, -0.2) is 0 Å². The minimum atomic E-state index is 0. The van der Waals surface area contributed by atoms with Crippen LogP contribution in [0.2, 0.25) is 0 Å². The van der Waals surface area contributed by atoms with Gasteiger partial charge in [0.2, 0.25) is 0 Å². The quantitative estimate of drug-likeness (QED) is 0.376. The first kappa shape index (κ1) is 31.0. The van der Waals surface area contributed by atoms with Crippen molar-refractivity contribution in [1.82, 2.24) is 0 Å². The van der Waals surface area contributed by atoms with E-state index in [0.29, 0.717) is 5.41 Å². The predicted molar refractivity (Wildman–Crippen MR) is 145 cm³/mol. The summed E-state index contributed by atoms with van der Waals surface area (Å²) in [7, 11) is 0. The van der Waals surface area contributed by atoms with Gasteiger partial charge in [-0.3, -0.25) is 0 Å². The smallest absolute Gasteiger partial charge is 0.0267 e. The maximum absolute atomic E-state index is 2.72. The molecule has 0 heteroatoms. The highest BCUT2D eigenvalue weighted by atomic mass is 14.5. The molecule has 7 unspecified atom stereocenters. The summed E-state index contributed by atoms with van der Waals surface area (Å²) in [6, 6.07) is 0. The molecule has 0 bridgehead atoms. The van der Waals surface area contributed by atoms with Gasteiger partial charge in [-0.2, -0.15) is 0 Å². The van der Waals surface area contributed by atoms with Gasteiger partial charge in [0.25, 0.3) is 0 Å². The zero-order chi connectivity index (χ0) is 22.6. The minimum absolute atomic E-state index is 0. The van der Waals surface area contributed by atoms with Crippen molar-refractivity contribution in [2.75, 3.05) is 0 Å². The Labute approximate surface area is 200 Å². The third-order valence-corrected chi connectivity index (χ3v) is 9.52. The Morgan fingerprint density at radius 1 is 0.806 bits per heavy atom. The number of hydrogen-bond donors (Lipinski definition) is 0. The van der Waals surface area contributed by atoms with Crippen LogP contribution in [0, 0.1) is 40.9 Å². The van der Waals surface area contributed by atoms with Crippen molar-refractivity contribution in [2.45, 2.75) is 159 Å². The topological polar surface area (TPSA) is 0 Å². The van der Waals surface area contributed by atoms with Crippen LogP contribution in [0.15, 0.2) is 0 Å². The van der Waals surface area contributed by atoms with Crippen LogP contribution in [0.5, 0.6) is 0 Å². The minimum Gasteiger partial charge on any atom is -0.0776 e. The van der Waals surface area contributed by atoms with E-state index in [-0.39, 0.29) is 7.43 Å². The Bertz CT molecular complexity index is 412. The maximum atomic E-state index is 2.72. The first-order valence-corrected chi connectivity index (χ1v) is 14.6. The molecule has 7 atom stereocenters. The van der Waals surface area contributed by atoms with E-state index in [1.165, 1.54) is 57.8 Å². The van der Waals surface area contributed by atoms with Crippen molar-refractivity contribution in [3.05, 3.63) is 0 Å². The molecule has 0 spiro atoms. The Hall–Kier alpha value is 0. The van der Waals surface area contributed by atoms with Gasteiger partial charge in [0.15, 0.2) is 0 Å². The fourth-order valence-electron chi connectivity index (χ4n) is 7.79. The summed E-state index contributed by atoms with van der Waals surface area (Å²) < 4.78 is 0. The van der Waals surface area contributed by atoms with E-state index in [2.05, 4.69) is 27.7 Å². The Kier molecular flexibility index (Phi) is 16.6. The van der Waals surface area contributed by atoms with E-state index in [0.717, 1.165) is 35.5 Å². The monoisotopic (exact) mass is 437 g/mol. The molecule has 3 rings (SSSR count). The summed E-state index contributed by atoms with van der Waals surface area (Å²) in [5.74, 6) is 6.10. The van der Waals surface area contributed by atoms with E-state index in [9.17, 15) is 0 Å². The summed E-state index contributed by atoms with van der Waals surface area (Å²) in [4.78, 5) is 0. The van der Waals surface area contributed by atoms with Gasteiger partial charge in [-0.25, -0.2) is 0 Å². The summed E-state index contributed by atoms with van der Waals surface area (Å²) in [6.45, 7) is 18.3. The van der Waals surface area contributed by atoms with E-state index in [1.54, 1.807) is 38.5 Å². The molecule has 3 fully saturated rings. The van der Waals surface area contributed by atoms with Gasteiger partial charge in [0, 0.05) is 0 Å². The van der Waals surface area contributed by atoms with Gasteiger partial charge in [-0.1, -0.05) is 121 Å². The number of fused-ring (bicyclic) bond motifs is 3. The fraction of sp³-hybridized carbons (Fsp3) is 1.00. The van der Waals surface area contributed by atoms with Crippen LogP contribution in [-0.2, 0) is 0 Å². The summed E-state index contributed by atoms with van der Waals surface area (Å²) in [6.07, 6.45) is 22.7. The van der Waals surface area contributed by atoms with Crippen molar-refractivity contribution in [3.63, 3.8) is 0 Å². The fourth-order valence-corrected chi connectivity index (χ4v) is 7.79. The highest BCUT2D eigenvalue weighted by Crippen LogP contribution is 2.58. The van der Waals surface area contributed by atoms with Crippen LogP contribution in [0.1, 0.15) is 159 Å². The molecule has 3 aliphatic carbocycles. The van der Waals surface area contributed by atoms with Crippen LogP contribution in [0.4, 0.5) is 0 Å². The molecule has 3 saturated carbocycles. The van der Waals surface area contributed by atoms with Crippen LogP contribution in [0.25, 0.3) is 0 Å². The molecule has 0 aromatic heterocycles. The molecule has 0 saturated heterocycles. The molecule has 0 amide bonds. The molecule has 0 radical (unpaired) electrons. The molecule has 0 aromatic carbocycles. The second-order valence-corrected chi connectivity index (χ2v) is 11.0. The number of rotatable bonds is 5. The third kappa shape index (κ3) is 8.37. The third-order valence-electron chi connectivity index (χ3n) is 9.52. The standard InChI is InChI=1S/C26H48.2C2H6.CH4/c1-5-6-7-11-20(2)24-14-10-12-22-16-17-23-13-8-9-19-26(23,4)25(22)18-15-21(24)3;2*1-2;/h20-25H,5-19H2,1-4H3;2*1-2H3;1H4. The van der Waals surface area contributed by atoms with Crippen LogP contribution >= 0.6 is 0 Å². The van der Waals surface area contributed by atoms with Gasteiger partial charge in [-0.15, -0.1) is 0 Å². The lowest BCUT2D eigenvalue weighted by Crippen LogP contribution is -2.45. The largest absolute Gasteiger partial charge is 0.0776 e. The molecule has 31 heavy (non-hydrogen) atoms. The van der Waals surface area contributed by atoms with E-state index >= 15 is 0 Å². The highest BCUT2D eigenvalue weighted by molar-refractivity contribution is 4.98. The second-order valence-electron chi connectivity index (χ2n) is 11.0. The highest BCUT2D eigenvalue weighted by Gasteiger charge is 2.48. The van der Waals surface area contributed by atoms with Gasteiger partial charge < -0.3 is 0 Å². The number of hydrogen-bond acceptors (Lipinski definition) is 0. The predicted octanol–water partition coefficient (Wildman–Crippen LogP) is 11.3. The molecular formula is C31H64. The average Bonchev–Trinajstić information content (AvgIpc) is 2.85. The molecular weight excluding hydrogens is 372 g/mol. The first-order valence-electron chi connectivity index (χ1n) is 14.6. The first-order chi connectivity index (χ1) is 14.6. The summed E-state index contributed by atoms with van der Waals surface area (Å²) >= 11 is 0. The zero-order valence-corrected chi connectivity index (χ0v) is 22.6. The molecule has 0 aliphatic heterocycles. The lowest BCUT2D eigenvalue weighted by Gasteiger charge is -2.54. The number of unbranched alkanes of at least 4 members (excludes halogenated alkanes) is 2. The van der Waals surface area contributed by atoms with Gasteiger partial charge >= 0.3 is 0 Å². The summed E-state index contributed by atoms with van der Waals surface area (Å²) in [5.41, 5.74) is 0.702. The molecule has 188 valence electrons. The van der Waals surface area contributed by atoms with Crippen LogP contribution in [0.3, 0.4) is 0 Å². The van der Waals surface area contributed by atoms with Gasteiger partial charge in [-0.05, 0) is 79.4 Å². The van der Waals surface area contributed by atoms with Crippen molar-refractivity contribution >= 4 is 0 Å². The molecule has 0 aromatic rings. The van der Waals surface area contributed by atoms with Crippen molar-refractivity contribution in [2.24, 2.45) is 40.9 Å².